The molecule has 0 amide bonds. The fraction of sp³-hybridized carbons (Fsp3) is 0.188. The van der Waals surface area contributed by atoms with Crippen molar-refractivity contribution in [1.29, 1.82) is 0 Å². The lowest BCUT2D eigenvalue weighted by molar-refractivity contribution is 0.0988. The van der Waals surface area contributed by atoms with Crippen LogP contribution in [0, 0.1) is 19.7 Å². The predicted molar refractivity (Wildman–Crippen MR) is 74.8 cm³/mol. The van der Waals surface area contributed by atoms with Crippen LogP contribution in [0.25, 0.3) is 0 Å². The molecule has 2 nitrogen and oxygen atoms in total. The van der Waals surface area contributed by atoms with Gasteiger partial charge in [0.1, 0.15) is 5.82 Å². The van der Waals surface area contributed by atoms with Crippen molar-refractivity contribution in [2.24, 2.45) is 0 Å². The van der Waals surface area contributed by atoms with E-state index in [1.54, 1.807) is 31.2 Å². The third kappa shape index (κ3) is 2.99. The number of halogens is 1. The summed E-state index contributed by atoms with van der Waals surface area (Å²) in [6.07, 6.45) is 0.182. The predicted octanol–water partition coefficient (Wildman–Crippen LogP) is 3.45. The van der Waals surface area contributed by atoms with Crippen molar-refractivity contribution in [1.82, 2.24) is 0 Å². The Hall–Kier alpha value is -2.16. The number of benzene rings is 2. The van der Waals surface area contributed by atoms with E-state index in [9.17, 15) is 9.18 Å². The van der Waals surface area contributed by atoms with E-state index in [2.05, 4.69) is 0 Å². The molecule has 0 saturated carbocycles. The first-order valence-electron chi connectivity index (χ1n) is 6.11. The van der Waals surface area contributed by atoms with E-state index in [4.69, 9.17) is 5.73 Å². The van der Waals surface area contributed by atoms with E-state index in [1.165, 1.54) is 6.07 Å². The summed E-state index contributed by atoms with van der Waals surface area (Å²) in [7, 11) is 0. The number of Topliss-reactive ketones (excluding diaryl/α,β-unsaturated/α-hetero) is 1. The maximum absolute atomic E-state index is 13.9. The fourth-order valence-corrected chi connectivity index (χ4v) is 2.18. The van der Waals surface area contributed by atoms with Crippen LogP contribution < -0.4 is 5.73 Å². The van der Waals surface area contributed by atoms with Crippen LogP contribution in [0.4, 0.5) is 10.1 Å². The van der Waals surface area contributed by atoms with Gasteiger partial charge in [0, 0.05) is 12.1 Å². The molecule has 0 bridgehead atoms. The second-order valence-corrected chi connectivity index (χ2v) is 4.78. The minimum Gasteiger partial charge on any atom is -0.399 e. The van der Waals surface area contributed by atoms with E-state index in [1.807, 2.05) is 13.0 Å². The van der Waals surface area contributed by atoms with Crippen LogP contribution in [0.2, 0.25) is 0 Å². The summed E-state index contributed by atoms with van der Waals surface area (Å²) >= 11 is 0. The number of hydrogen-bond acceptors (Lipinski definition) is 2. The van der Waals surface area contributed by atoms with Crippen LogP contribution in [0.1, 0.15) is 27.0 Å². The van der Waals surface area contributed by atoms with Gasteiger partial charge in [0.05, 0.1) is 5.56 Å². The van der Waals surface area contributed by atoms with Gasteiger partial charge < -0.3 is 5.73 Å². The molecule has 0 heterocycles. The molecule has 2 rings (SSSR count). The largest absolute Gasteiger partial charge is 0.399 e. The average molecular weight is 257 g/mol. The zero-order chi connectivity index (χ0) is 14.0. The highest BCUT2D eigenvalue weighted by atomic mass is 19.1. The number of nitrogens with two attached hydrogens (primary N) is 1. The van der Waals surface area contributed by atoms with E-state index >= 15 is 0 Å². The van der Waals surface area contributed by atoms with Gasteiger partial charge in [-0.05, 0) is 48.7 Å². The number of rotatable bonds is 3. The van der Waals surface area contributed by atoms with E-state index in [0.717, 1.165) is 11.1 Å². The van der Waals surface area contributed by atoms with Crippen LogP contribution >= 0.6 is 0 Å². The summed E-state index contributed by atoms with van der Waals surface area (Å²) in [5, 5.41) is 0. The first kappa shape index (κ1) is 13.3. The summed E-state index contributed by atoms with van der Waals surface area (Å²) < 4.78 is 13.9. The Bertz CT molecular complexity index is 594. The number of nitrogen functional groups attached to an aromatic ring is 1. The molecule has 0 unspecified atom stereocenters. The van der Waals surface area contributed by atoms with Crippen LogP contribution in [0.3, 0.4) is 0 Å². The Morgan fingerprint density at radius 2 is 1.79 bits per heavy atom. The highest BCUT2D eigenvalue weighted by Crippen LogP contribution is 2.18. The normalized spacial score (nSPS) is 10.5. The smallest absolute Gasteiger partial charge is 0.170 e. The first-order valence-corrected chi connectivity index (χ1v) is 6.11. The number of ketones is 1. The molecule has 0 spiro atoms. The number of hydrogen-bond donors (Lipinski definition) is 1. The van der Waals surface area contributed by atoms with Crippen molar-refractivity contribution in [2.45, 2.75) is 20.3 Å². The molecule has 0 atom stereocenters. The lowest BCUT2D eigenvalue weighted by atomic mass is 9.97. The van der Waals surface area contributed by atoms with Crippen molar-refractivity contribution in [2.75, 3.05) is 5.73 Å². The van der Waals surface area contributed by atoms with Crippen LogP contribution in [-0.2, 0) is 6.42 Å². The Kier molecular flexibility index (Phi) is 3.65. The summed E-state index contributed by atoms with van der Waals surface area (Å²) in [5.74, 6) is -0.655. The molecule has 2 N–H and O–H groups in total. The maximum Gasteiger partial charge on any atom is 0.170 e. The molecule has 0 saturated heterocycles. The van der Waals surface area contributed by atoms with Gasteiger partial charge in [0.15, 0.2) is 5.78 Å². The number of anilines is 1. The second kappa shape index (κ2) is 5.22. The lowest BCUT2D eigenvalue weighted by Crippen LogP contribution is -2.09. The summed E-state index contributed by atoms with van der Waals surface area (Å²) in [5.41, 5.74) is 8.75. The van der Waals surface area contributed by atoms with Crippen LogP contribution in [0.5, 0.6) is 0 Å². The van der Waals surface area contributed by atoms with Gasteiger partial charge in [-0.15, -0.1) is 0 Å². The van der Waals surface area contributed by atoms with E-state index in [0.29, 0.717) is 11.3 Å². The van der Waals surface area contributed by atoms with Crippen molar-refractivity contribution in [3.8, 4) is 0 Å². The van der Waals surface area contributed by atoms with Crippen molar-refractivity contribution in [3.63, 3.8) is 0 Å². The van der Waals surface area contributed by atoms with Crippen molar-refractivity contribution in [3.05, 3.63) is 64.5 Å². The summed E-state index contributed by atoms with van der Waals surface area (Å²) in [6, 6.07) is 10.3. The van der Waals surface area contributed by atoms with Gasteiger partial charge in [-0.3, -0.25) is 4.79 Å². The topological polar surface area (TPSA) is 43.1 Å². The lowest BCUT2D eigenvalue weighted by Gasteiger charge is -2.08. The minimum atomic E-state index is -0.446. The SMILES string of the molecule is Cc1cc(C)c(C(=O)Cc2ccc(N)cc2)c(F)c1. The Balaban J connectivity index is 2.28. The number of carbonyl (C=O) groups excluding carboxylic acids is 1. The molecule has 2 aromatic rings. The van der Waals surface area contributed by atoms with Gasteiger partial charge in [-0.2, -0.15) is 0 Å². The minimum absolute atomic E-state index is 0.182. The molecule has 0 radical (unpaired) electrons. The quantitative estimate of drug-likeness (QED) is 0.676. The standard InChI is InChI=1S/C16H16FNO/c1-10-7-11(2)16(14(17)8-10)15(19)9-12-3-5-13(18)6-4-12/h3-8H,9,18H2,1-2H3. The molecule has 0 aliphatic heterocycles. The highest BCUT2D eigenvalue weighted by Gasteiger charge is 2.15. The first-order chi connectivity index (χ1) is 8.97. The Morgan fingerprint density at radius 3 is 2.37 bits per heavy atom. The van der Waals surface area contributed by atoms with Crippen molar-refractivity contribution < 1.29 is 9.18 Å². The van der Waals surface area contributed by atoms with Gasteiger partial charge >= 0.3 is 0 Å². The summed E-state index contributed by atoms with van der Waals surface area (Å²) in [4.78, 5) is 12.2. The van der Waals surface area contributed by atoms with E-state index < -0.39 is 5.82 Å². The molecule has 2 aromatic carbocycles. The van der Waals surface area contributed by atoms with Gasteiger partial charge in [0.25, 0.3) is 0 Å². The van der Waals surface area contributed by atoms with Gasteiger partial charge in [0.2, 0.25) is 0 Å². The van der Waals surface area contributed by atoms with Crippen LogP contribution in [0.15, 0.2) is 36.4 Å². The highest BCUT2D eigenvalue weighted by molar-refractivity contribution is 5.99. The Morgan fingerprint density at radius 1 is 1.16 bits per heavy atom. The molecule has 0 aromatic heterocycles. The zero-order valence-corrected chi connectivity index (χ0v) is 11.0. The van der Waals surface area contributed by atoms with Gasteiger partial charge in [-0.1, -0.05) is 18.2 Å². The molecule has 0 aliphatic carbocycles. The Labute approximate surface area is 112 Å². The molecular formula is C16H16FNO. The van der Waals surface area contributed by atoms with Gasteiger partial charge in [-0.25, -0.2) is 4.39 Å². The zero-order valence-electron chi connectivity index (χ0n) is 11.0. The molecule has 19 heavy (non-hydrogen) atoms. The third-order valence-corrected chi connectivity index (χ3v) is 3.05. The number of aryl methyl sites for hydroxylation is 2. The molecule has 0 fully saturated rings. The monoisotopic (exact) mass is 257 g/mol. The number of carbonyl (C=O) groups is 1. The average Bonchev–Trinajstić information content (AvgIpc) is 2.30. The van der Waals surface area contributed by atoms with Crippen LogP contribution in [-0.4, -0.2) is 5.78 Å². The maximum atomic E-state index is 13.9. The van der Waals surface area contributed by atoms with E-state index in [-0.39, 0.29) is 17.8 Å². The summed E-state index contributed by atoms with van der Waals surface area (Å²) in [6.45, 7) is 3.57. The molecule has 3 heteroatoms. The van der Waals surface area contributed by atoms with Crippen molar-refractivity contribution >= 4 is 11.5 Å². The fourth-order valence-electron chi connectivity index (χ4n) is 2.18. The molecule has 0 aliphatic rings. The second-order valence-electron chi connectivity index (χ2n) is 4.78. The molecular weight excluding hydrogens is 241 g/mol. The third-order valence-electron chi connectivity index (χ3n) is 3.05. The molecule has 98 valence electrons.